The maximum absolute atomic E-state index is 13.0. The third-order valence-electron chi connectivity index (χ3n) is 4.63. The molecule has 1 aliphatic heterocycles. The molecule has 1 fully saturated rings. The summed E-state index contributed by atoms with van der Waals surface area (Å²) in [5, 5.41) is 4.05. The van der Waals surface area contributed by atoms with Crippen LogP contribution in [0.5, 0.6) is 0 Å². The van der Waals surface area contributed by atoms with Crippen molar-refractivity contribution in [1.29, 1.82) is 0 Å². The summed E-state index contributed by atoms with van der Waals surface area (Å²) in [6.07, 6.45) is 3.47. The topological polar surface area (TPSA) is 88.3 Å². The van der Waals surface area contributed by atoms with Crippen LogP contribution in [0.1, 0.15) is 66.3 Å². The molecule has 1 aliphatic rings. The molecule has 0 radical (unpaired) electrons. The van der Waals surface area contributed by atoms with Crippen LogP contribution < -0.4 is 4.90 Å². The molecule has 0 aromatic carbocycles. The number of anilines is 1. The fourth-order valence-corrected chi connectivity index (χ4v) is 3.06. The Kier molecular flexibility index (Phi) is 5.20. The second kappa shape index (κ2) is 7.39. The van der Waals surface area contributed by atoms with Crippen molar-refractivity contribution >= 4 is 11.9 Å². The Labute approximate surface area is 153 Å². The highest BCUT2D eigenvalue weighted by Crippen LogP contribution is 2.28. The summed E-state index contributed by atoms with van der Waals surface area (Å²) in [5.41, 5.74) is 1.24. The van der Waals surface area contributed by atoms with Gasteiger partial charge in [0.2, 0.25) is 11.8 Å². The molecule has 8 heteroatoms. The van der Waals surface area contributed by atoms with Crippen LogP contribution in [0.3, 0.4) is 0 Å². The highest BCUT2D eigenvalue weighted by molar-refractivity contribution is 5.95. The van der Waals surface area contributed by atoms with E-state index >= 15 is 0 Å². The number of aromatic nitrogens is 4. The highest BCUT2D eigenvalue weighted by atomic mass is 16.5. The van der Waals surface area contributed by atoms with Gasteiger partial charge in [-0.05, 0) is 19.8 Å². The molecule has 0 N–H and O–H groups in total. The molecule has 3 heterocycles. The van der Waals surface area contributed by atoms with E-state index in [4.69, 9.17) is 4.52 Å². The van der Waals surface area contributed by atoms with Crippen LogP contribution in [0.2, 0.25) is 0 Å². The molecular formula is C18H26N6O2. The van der Waals surface area contributed by atoms with Gasteiger partial charge in [0.25, 0.3) is 5.91 Å². The second-order valence-electron chi connectivity index (χ2n) is 7.30. The number of carbonyl (C=O) groups excluding carboxylic acids is 1. The molecule has 1 amide bonds. The van der Waals surface area contributed by atoms with Crippen molar-refractivity contribution in [3.63, 3.8) is 0 Å². The Morgan fingerprint density at radius 2 is 2.12 bits per heavy atom. The van der Waals surface area contributed by atoms with Gasteiger partial charge < -0.3 is 14.3 Å². The lowest BCUT2D eigenvalue weighted by molar-refractivity contribution is 0.0694. The number of hydrogen-bond donors (Lipinski definition) is 0. The average Bonchev–Trinajstić information content (AvgIpc) is 3.11. The summed E-state index contributed by atoms with van der Waals surface area (Å²) >= 11 is 0. The van der Waals surface area contributed by atoms with Gasteiger partial charge in [0.05, 0.1) is 17.2 Å². The number of carbonyl (C=O) groups is 1. The van der Waals surface area contributed by atoms with E-state index in [1.165, 1.54) is 0 Å². The fourth-order valence-electron chi connectivity index (χ4n) is 3.06. The number of amides is 1. The maximum Gasteiger partial charge on any atom is 0.257 e. The Bertz CT molecular complexity index is 786. The summed E-state index contributed by atoms with van der Waals surface area (Å²) in [6, 6.07) is 0. The van der Waals surface area contributed by atoms with Gasteiger partial charge in [-0.3, -0.25) is 4.79 Å². The van der Waals surface area contributed by atoms with Gasteiger partial charge in [-0.15, -0.1) is 0 Å². The Morgan fingerprint density at radius 3 is 2.73 bits per heavy atom. The Hall–Kier alpha value is -2.51. The standard InChI is InChI=1S/C18H26N6O2/c1-11(2)15-21-16(26-22-15)13-7-6-8-24(10-13)17(25)14-9-19-18(23(4)5)20-12(14)3/h9,11,13H,6-8,10H2,1-5H3/t13-/m0/s1. The minimum Gasteiger partial charge on any atom is -0.347 e. The molecule has 8 nitrogen and oxygen atoms in total. The van der Waals surface area contributed by atoms with Gasteiger partial charge in [0, 0.05) is 39.3 Å². The molecule has 26 heavy (non-hydrogen) atoms. The summed E-state index contributed by atoms with van der Waals surface area (Å²) in [7, 11) is 3.75. The van der Waals surface area contributed by atoms with Crippen molar-refractivity contribution in [3.05, 3.63) is 29.2 Å². The third-order valence-corrected chi connectivity index (χ3v) is 4.63. The van der Waals surface area contributed by atoms with Gasteiger partial charge in [0.15, 0.2) is 5.82 Å². The van der Waals surface area contributed by atoms with Crippen molar-refractivity contribution in [3.8, 4) is 0 Å². The fraction of sp³-hybridized carbons (Fsp3) is 0.611. The molecule has 2 aromatic rings. The van der Waals surface area contributed by atoms with Crippen molar-refractivity contribution in [2.45, 2.75) is 45.4 Å². The van der Waals surface area contributed by atoms with Gasteiger partial charge in [-0.25, -0.2) is 9.97 Å². The van der Waals surface area contributed by atoms with Crippen LogP contribution in [0.15, 0.2) is 10.7 Å². The lowest BCUT2D eigenvalue weighted by Gasteiger charge is -2.31. The zero-order valence-corrected chi connectivity index (χ0v) is 16.1. The highest BCUT2D eigenvalue weighted by Gasteiger charge is 2.30. The van der Waals surface area contributed by atoms with E-state index in [9.17, 15) is 4.79 Å². The molecule has 0 spiro atoms. The Morgan fingerprint density at radius 1 is 1.35 bits per heavy atom. The molecule has 0 aliphatic carbocycles. The number of likely N-dealkylation sites (tertiary alicyclic amines) is 1. The van der Waals surface area contributed by atoms with Crippen molar-refractivity contribution in [2.75, 3.05) is 32.1 Å². The van der Waals surface area contributed by atoms with Gasteiger partial charge in [0.1, 0.15) is 0 Å². The quantitative estimate of drug-likeness (QED) is 0.829. The predicted molar refractivity (Wildman–Crippen MR) is 97.4 cm³/mol. The van der Waals surface area contributed by atoms with E-state index in [0.717, 1.165) is 19.4 Å². The summed E-state index contributed by atoms with van der Waals surface area (Å²) in [4.78, 5) is 29.8. The molecule has 1 atom stereocenters. The van der Waals surface area contributed by atoms with Crippen LogP contribution in [0, 0.1) is 6.92 Å². The monoisotopic (exact) mass is 358 g/mol. The lowest BCUT2D eigenvalue weighted by atomic mass is 9.97. The van der Waals surface area contributed by atoms with Crippen LogP contribution in [0.25, 0.3) is 0 Å². The Balaban J connectivity index is 1.75. The van der Waals surface area contributed by atoms with Crippen LogP contribution in [-0.4, -0.2) is 58.1 Å². The molecule has 0 bridgehead atoms. The van der Waals surface area contributed by atoms with E-state index in [1.54, 1.807) is 6.20 Å². The first-order chi connectivity index (χ1) is 12.4. The molecule has 1 saturated heterocycles. The first kappa shape index (κ1) is 18.3. The summed E-state index contributed by atoms with van der Waals surface area (Å²) in [6.45, 7) is 7.20. The van der Waals surface area contributed by atoms with Gasteiger partial charge >= 0.3 is 0 Å². The van der Waals surface area contributed by atoms with Crippen LogP contribution >= 0.6 is 0 Å². The lowest BCUT2D eigenvalue weighted by Crippen LogP contribution is -2.39. The van der Waals surface area contributed by atoms with E-state index in [1.807, 2.05) is 44.7 Å². The normalized spacial score (nSPS) is 17.6. The molecule has 3 rings (SSSR count). The maximum atomic E-state index is 13.0. The van der Waals surface area contributed by atoms with E-state index in [0.29, 0.717) is 35.5 Å². The molecular weight excluding hydrogens is 332 g/mol. The van der Waals surface area contributed by atoms with E-state index < -0.39 is 0 Å². The summed E-state index contributed by atoms with van der Waals surface area (Å²) < 4.78 is 5.44. The van der Waals surface area contributed by atoms with Crippen LogP contribution in [-0.2, 0) is 0 Å². The molecule has 2 aromatic heterocycles. The third kappa shape index (κ3) is 3.68. The van der Waals surface area contributed by atoms with Crippen LogP contribution in [0.4, 0.5) is 5.95 Å². The number of hydrogen-bond acceptors (Lipinski definition) is 7. The zero-order chi connectivity index (χ0) is 18.8. The van der Waals surface area contributed by atoms with Gasteiger partial charge in [-0.2, -0.15) is 4.98 Å². The molecule has 0 unspecified atom stereocenters. The van der Waals surface area contributed by atoms with E-state index in [2.05, 4.69) is 20.1 Å². The van der Waals surface area contributed by atoms with E-state index in [-0.39, 0.29) is 17.7 Å². The SMILES string of the molecule is Cc1nc(N(C)C)ncc1C(=O)N1CCC[C@H](c2nc(C(C)C)no2)C1. The minimum atomic E-state index is -0.0406. The number of rotatable bonds is 4. The molecule has 140 valence electrons. The van der Waals surface area contributed by atoms with Crippen molar-refractivity contribution in [2.24, 2.45) is 0 Å². The first-order valence-electron chi connectivity index (χ1n) is 9.00. The average molecular weight is 358 g/mol. The smallest absolute Gasteiger partial charge is 0.257 e. The summed E-state index contributed by atoms with van der Waals surface area (Å²) in [5.74, 6) is 2.21. The number of piperidine rings is 1. The first-order valence-corrected chi connectivity index (χ1v) is 9.00. The van der Waals surface area contributed by atoms with Crippen molar-refractivity contribution in [1.82, 2.24) is 25.0 Å². The minimum absolute atomic E-state index is 0.0406. The second-order valence-corrected chi connectivity index (χ2v) is 7.30. The zero-order valence-electron chi connectivity index (χ0n) is 16.1. The largest absolute Gasteiger partial charge is 0.347 e. The number of aryl methyl sites for hydroxylation is 1. The number of nitrogens with zero attached hydrogens (tertiary/aromatic N) is 6. The van der Waals surface area contributed by atoms with Gasteiger partial charge in [-0.1, -0.05) is 19.0 Å². The predicted octanol–water partition coefficient (Wildman–Crippen LogP) is 2.38. The van der Waals surface area contributed by atoms with Crippen molar-refractivity contribution < 1.29 is 9.32 Å². The molecule has 0 saturated carbocycles.